The Morgan fingerprint density at radius 2 is 1.63 bits per heavy atom. The predicted molar refractivity (Wildman–Crippen MR) is 126 cm³/mol. The highest BCUT2D eigenvalue weighted by molar-refractivity contribution is 6.35. The van der Waals surface area contributed by atoms with Crippen molar-refractivity contribution in [3.8, 4) is 0 Å². The van der Waals surface area contributed by atoms with Gasteiger partial charge in [-0.25, -0.2) is 0 Å². The molecule has 0 unspecified atom stereocenters. The first kappa shape index (κ1) is 24.7. The minimum atomic E-state index is -4.62. The summed E-state index contributed by atoms with van der Waals surface area (Å²) in [5, 5.41) is 11.4. The minimum absolute atomic E-state index is 0.0577. The molecule has 1 saturated heterocycles. The molecule has 2 heterocycles. The van der Waals surface area contributed by atoms with E-state index in [1.807, 2.05) is 4.90 Å². The number of benzene rings is 2. The number of hydrogen-bond acceptors (Lipinski definition) is 5. The van der Waals surface area contributed by atoms with Crippen molar-refractivity contribution in [3.63, 3.8) is 0 Å². The fourth-order valence-corrected chi connectivity index (χ4v) is 3.96. The van der Waals surface area contributed by atoms with Crippen molar-refractivity contribution in [1.82, 2.24) is 15.1 Å². The van der Waals surface area contributed by atoms with Gasteiger partial charge in [0.05, 0.1) is 21.8 Å². The molecule has 1 aromatic heterocycles. The number of carbonyl (C=O) groups is 2. The Bertz CT molecular complexity index is 1250. The number of amides is 2. The molecule has 7 nitrogen and oxygen atoms in total. The summed E-state index contributed by atoms with van der Waals surface area (Å²) in [6.45, 7) is 1.11. The first-order valence-corrected chi connectivity index (χ1v) is 11.2. The van der Waals surface area contributed by atoms with E-state index in [4.69, 9.17) is 23.2 Å². The lowest BCUT2D eigenvalue weighted by Crippen LogP contribution is -2.49. The normalized spacial score (nSPS) is 14.1. The van der Waals surface area contributed by atoms with Crippen LogP contribution in [0.5, 0.6) is 0 Å². The maximum atomic E-state index is 13.3. The van der Waals surface area contributed by atoms with E-state index in [2.05, 4.69) is 15.5 Å². The van der Waals surface area contributed by atoms with Gasteiger partial charge < -0.3 is 15.1 Å². The summed E-state index contributed by atoms with van der Waals surface area (Å²) in [6.07, 6.45) is -4.62. The van der Waals surface area contributed by atoms with Crippen LogP contribution < -0.4 is 10.2 Å². The fraction of sp³-hybridized carbons (Fsp3) is 0.217. The summed E-state index contributed by atoms with van der Waals surface area (Å²) in [6, 6.07) is 12.5. The van der Waals surface area contributed by atoms with Gasteiger partial charge in [-0.1, -0.05) is 35.3 Å². The zero-order valence-electron chi connectivity index (χ0n) is 18.0. The quantitative estimate of drug-likeness (QED) is 0.519. The molecular weight excluding hydrogens is 506 g/mol. The van der Waals surface area contributed by atoms with Crippen LogP contribution in [0.1, 0.15) is 26.4 Å². The monoisotopic (exact) mass is 523 g/mol. The van der Waals surface area contributed by atoms with Gasteiger partial charge in [-0.05, 0) is 42.5 Å². The summed E-state index contributed by atoms with van der Waals surface area (Å²) in [4.78, 5) is 28.4. The van der Waals surface area contributed by atoms with E-state index in [0.717, 1.165) is 6.07 Å². The third kappa shape index (κ3) is 5.66. The number of anilines is 2. The average Bonchev–Trinajstić information content (AvgIpc) is 2.85. The second-order valence-electron chi connectivity index (χ2n) is 7.68. The van der Waals surface area contributed by atoms with Crippen LogP contribution in [0.15, 0.2) is 54.6 Å². The molecule has 3 aromatic rings. The number of carbonyl (C=O) groups excluding carboxylic acids is 2. The first-order chi connectivity index (χ1) is 16.6. The molecule has 1 fully saturated rings. The number of halogens is 5. The number of nitrogens with zero attached hydrogens (tertiary/aromatic N) is 4. The lowest BCUT2D eigenvalue weighted by molar-refractivity contribution is -0.138. The highest BCUT2D eigenvalue weighted by Crippen LogP contribution is 2.32. The van der Waals surface area contributed by atoms with Gasteiger partial charge in [0.25, 0.3) is 11.8 Å². The lowest BCUT2D eigenvalue weighted by atomic mass is 10.1. The van der Waals surface area contributed by atoms with E-state index >= 15 is 0 Å². The van der Waals surface area contributed by atoms with Gasteiger partial charge in [0.15, 0.2) is 11.5 Å². The Kier molecular flexibility index (Phi) is 7.13. The molecule has 1 aliphatic rings. The molecule has 4 rings (SSSR count). The van der Waals surface area contributed by atoms with Gasteiger partial charge in [-0.2, -0.15) is 13.2 Å². The van der Waals surface area contributed by atoms with Crippen molar-refractivity contribution in [2.45, 2.75) is 6.18 Å². The van der Waals surface area contributed by atoms with Crippen molar-refractivity contribution in [2.24, 2.45) is 0 Å². The summed E-state index contributed by atoms with van der Waals surface area (Å²) in [5.41, 5.74) is -0.931. The summed E-state index contributed by atoms with van der Waals surface area (Å²) in [7, 11) is 0. The molecule has 0 atom stereocenters. The third-order valence-corrected chi connectivity index (χ3v) is 5.98. The van der Waals surface area contributed by atoms with Gasteiger partial charge in [0.1, 0.15) is 0 Å². The molecule has 0 bridgehead atoms. The SMILES string of the molecule is O=C(Nc1cc(Cl)ccc1Cl)c1ccc(N2CCN(C(=O)c3ccccc3C(F)(F)F)CC2)nn1. The van der Waals surface area contributed by atoms with Gasteiger partial charge in [-0.3, -0.25) is 9.59 Å². The molecule has 1 N–H and O–H groups in total. The van der Waals surface area contributed by atoms with Crippen LogP contribution in [-0.4, -0.2) is 53.1 Å². The summed E-state index contributed by atoms with van der Waals surface area (Å²) in [5.74, 6) is -0.715. The van der Waals surface area contributed by atoms with Crippen LogP contribution in [0.2, 0.25) is 10.0 Å². The second kappa shape index (κ2) is 10.1. The first-order valence-electron chi connectivity index (χ1n) is 10.4. The van der Waals surface area contributed by atoms with E-state index in [9.17, 15) is 22.8 Å². The number of hydrogen-bond donors (Lipinski definition) is 1. The molecule has 2 aromatic carbocycles. The lowest BCUT2D eigenvalue weighted by Gasteiger charge is -2.35. The van der Waals surface area contributed by atoms with Gasteiger partial charge in [0.2, 0.25) is 0 Å². The Morgan fingerprint density at radius 3 is 2.29 bits per heavy atom. The number of aromatic nitrogens is 2. The second-order valence-corrected chi connectivity index (χ2v) is 8.52. The number of alkyl halides is 3. The van der Waals surface area contributed by atoms with Crippen LogP contribution in [0.25, 0.3) is 0 Å². The average molecular weight is 524 g/mol. The summed E-state index contributed by atoms with van der Waals surface area (Å²) < 4.78 is 39.8. The van der Waals surface area contributed by atoms with Crippen LogP contribution >= 0.6 is 23.2 Å². The largest absolute Gasteiger partial charge is 0.417 e. The molecule has 0 radical (unpaired) electrons. The molecule has 182 valence electrons. The van der Waals surface area contributed by atoms with Gasteiger partial charge in [0, 0.05) is 31.2 Å². The smallest absolute Gasteiger partial charge is 0.352 e. The standard InChI is InChI=1S/C23H18Cl2F3N5O2/c24-14-5-6-17(25)19(13-14)29-21(34)18-7-8-20(31-30-18)32-9-11-33(12-10-32)22(35)15-3-1-2-4-16(15)23(26,27)28/h1-8,13H,9-12H2,(H,29,34). The zero-order chi connectivity index (χ0) is 25.2. The molecule has 0 spiro atoms. The molecule has 2 amide bonds. The minimum Gasteiger partial charge on any atom is -0.352 e. The van der Waals surface area contributed by atoms with E-state index < -0.39 is 23.6 Å². The predicted octanol–water partition coefficient (Wildman–Crippen LogP) is 5.02. The van der Waals surface area contributed by atoms with Crippen molar-refractivity contribution in [3.05, 3.63) is 81.5 Å². The highest BCUT2D eigenvalue weighted by atomic mass is 35.5. The van der Waals surface area contributed by atoms with Gasteiger partial charge >= 0.3 is 6.18 Å². The zero-order valence-corrected chi connectivity index (χ0v) is 19.5. The van der Waals surface area contributed by atoms with Crippen LogP contribution in [0, 0.1) is 0 Å². The number of rotatable bonds is 4. The number of piperazine rings is 1. The van der Waals surface area contributed by atoms with Crippen LogP contribution in [0.3, 0.4) is 0 Å². The fourth-order valence-electron chi connectivity index (χ4n) is 3.62. The molecular formula is C23H18Cl2F3N5O2. The third-order valence-electron chi connectivity index (χ3n) is 5.41. The molecule has 0 saturated carbocycles. The topological polar surface area (TPSA) is 78.4 Å². The maximum Gasteiger partial charge on any atom is 0.417 e. The molecule has 12 heteroatoms. The van der Waals surface area contributed by atoms with Crippen molar-refractivity contribution >= 4 is 46.5 Å². The van der Waals surface area contributed by atoms with Gasteiger partial charge in [-0.15, -0.1) is 10.2 Å². The Hall–Kier alpha value is -3.37. The summed E-state index contributed by atoms with van der Waals surface area (Å²) >= 11 is 12.0. The van der Waals surface area contributed by atoms with Crippen molar-refractivity contribution in [1.29, 1.82) is 0 Å². The van der Waals surface area contributed by atoms with Crippen molar-refractivity contribution < 1.29 is 22.8 Å². The maximum absolute atomic E-state index is 13.3. The van der Waals surface area contributed by atoms with Crippen LogP contribution in [0.4, 0.5) is 24.7 Å². The molecule has 1 aliphatic heterocycles. The van der Waals surface area contributed by atoms with E-state index in [0.29, 0.717) is 34.6 Å². The highest BCUT2D eigenvalue weighted by Gasteiger charge is 2.36. The Balaban J connectivity index is 1.38. The van der Waals surface area contributed by atoms with Crippen molar-refractivity contribution in [2.75, 3.05) is 36.4 Å². The molecule has 35 heavy (non-hydrogen) atoms. The van der Waals surface area contributed by atoms with E-state index in [1.165, 1.54) is 35.2 Å². The van der Waals surface area contributed by atoms with E-state index in [1.54, 1.807) is 18.2 Å². The molecule has 0 aliphatic carbocycles. The van der Waals surface area contributed by atoms with Crippen LogP contribution in [-0.2, 0) is 6.18 Å². The van der Waals surface area contributed by atoms with E-state index in [-0.39, 0.29) is 24.3 Å². The Labute approximate surface area is 208 Å². The number of nitrogens with one attached hydrogen (secondary N) is 1. The Morgan fingerprint density at radius 1 is 0.914 bits per heavy atom.